The van der Waals surface area contributed by atoms with E-state index in [-0.39, 0.29) is 12.5 Å². The fourth-order valence-corrected chi connectivity index (χ4v) is 2.54. The minimum Gasteiger partial charge on any atom is -0.382 e. The Hall–Kier alpha value is -1.55. The monoisotopic (exact) mass is 276 g/mol. The molecule has 1 aliphatic carbocycles. The van der Waals surface area contributed by atoms with Gasteiger partial charge in [0.25, 0.3) is 0 Å². The second-order valence-corrected chi connectivity index (χ2v) is 5.88. The van der Waals surface area contributed by atoms with Gasteiger partial charge in [-0.15, -0.1) is 0 Å². The summed E-state index contributed by atoms with van der Waals surface area (Å²) in [6.45, 7) is 4.66. The molecule has 0 saturated heterocycles. The molecule has 0 bridgehead atoms. The quantitative estimate of drug-likeness (QED) is 0.839. The van der Waals surface area contributed by atoms with Gasteiger partial charge in [-0.05, 0) is 48.9 Å². The average molecular weight is 276 g/mol. The van der Waals surface area contributed by atoms with Crippen molar-refractivity contribution in [1.82, 2.24) is 0 Å². The minimum absolute atomic E-state index is 0.0820. The van der Waals surface area contributed by atoms with E-state index in [9.17, 15) is 4.79 Å². The maximum atomic E-state index is 11.4. The maximum Gasteiger partial charge on any atom is 0.250 e. The normalized spacial score (nSPS) is 21.4. The minimum atomic E-state index is -0.132. The Morgan fingerprint density at radius 3 is 2.40 bits per heavy atom. The summed E-state index contributed by atoms with van der Waals surface area (Å²) >= 11 is 0. The van der Waals surface area contributed by atoms with Crippen LogP contribution in [0.2, 0.25) is 0 Å². The molecular formula is C16H24N2O2. The Labute approximate surface area is 120 Å². The lowest BCUT2D eigenvalue weighted by atomic mass is 9.73. The summed E-state index contributed by atoms with van der Waals surface area (Å²) in [4.78, 5) is 11.4. The van der Waals surface area contributed by atoms with Crippen molar-refractivity contribution in [3.05, 3.63) is 24.3 Å². The molecule has 0 heterocycles. The van der Waals surface area contributed by atoms with Gasteiger partial charge in [0, 0.05) is 24.5 Å². The van der Waals surface area contributed by atoms with Crippen LogP contribution in [0, 0.1) is 11.8 Å². The summed E-state index contributed by atoms with van der Waals surface area (Å²) < 4.78 is 4.78. The van der Waals surface area contributed by atoms with E-state index in [2.05, 4.69) is 24.5 Å². The molecular weight excluding hydrogens is 252 g/mol. The lowest BCUT2D eigenvalue weighted by Gasteiger charge is -2.39. The standard InChI is InChI=1S/C16H24N2O2/c1-11(2)12-8-15(9-12)17-13-4-6-14(7-5-13)18-16(19)10-20-3/h4-7,11-12,15,17H,8-10H2,1-3H3,(H,18,19). The molecule has 2 N–H and O–H groups in total. The van der Waals surface area contributed by atoms with Gasteiger partial charge < -0.3 is 15.4 Å². The van der Waals surface area contributed by atoms with E-state index in [4.69, 9.17) is 4.74 Å². The predicted molar refractivity (Wildman–Crippen MR) is 81.9 cm³/mol. The highest BCUT2D eigenvalue weighted by Gasteiger charge is 2.30. The SMILES string of the molecule is COCC(=O)Nc1ccc(NC2CC(C(C)C)C2)cc1. The highest BCUT2D eigenvalue weighted by Crippen LogP contribution is 2.35. The third-order valence-corrected chi connectivity index (χ3v) is 3.93. The second-order valence-electron chi connectivity index (χ2n) is 5.88. The van der Waals surface area contributed by atoms with E-state index < -0.39 is 0 Å². The molecule has 110 valence electrons. The van der Waals surface area contributed by atoms with Gasteiger partial charge in [0.05, 0.1) is 0 Å². The van der Waals surface area contributed by atoms with Crippen LogP contribution in [0.3, 0.4) is 0 Å². The van der Waals surface area contributed by atoms with Crippen molar-refractivity contribution in [3.8, 4) is 0 Å². The number of amides is 1. The van der Waals surface area contributed by atoms with E-state index >= 15 is 0 Å². The molecule has 0 atom stereocenters. The van der Waals surface area contributed by atoms with Crippen molar-refractivity contribution in [2.24, 2.45) is 11.8 Å². The van der Waals surface area contributed by atoms with E-state index in [1.807, 2.05) is 24.3 Å². The first kappa shape index (κ1) is 14.9. The fourth-order valence-electron chi connectivity index (χ4n) is 2.54. The van der Waals surface area contributed by atoms with Crippen LogP contribution < -0.4 is 10.6 Å². The Bertz CT molecular complexity index is 436. The number of nitrogens with one attached hydrogen (secondary N) is 2. The molecule has 1 aromatic carbocycles. The van der Waals surface area contributed by atoms with Gasteiger partial charge in [0.15, 0.2) is 0 Å². The Balaban J connectivity index is 1.79. The topological polar surface area (TPSA) is 50.4 Å². The van der Waals surface area contributed by atoms with Crippen LogP contribution in [0.1, 0.15) is 26.7 Å². The zero-order valence-corrected chi connectivity index (χ0v) is 12.5. The largest absolute Gasteiger partial charge is 0.382 e. The molecule has 1 aromatic rings. The highest BCUT2D eigenvalue weighted by atomic mass is 16.5. The molecule has 0 aromatic heterocycles. The molecule has 4 nitrogen and oxygen atoms in total. The first-order valence-electron chi connectivity index (χ1n) is 7.24. The van der Waals surface area contributed by atoms with Gasteiger partial charge in [-0.25, -0.2) is 0 Å². The molecule has 1 fully saturated rings. The van der Waals surface area contributed by atoms with Gasteiger partial charge in [-0.2, -0.15) is 0 Å². The third-order valence-electron chi connectivity index (χ3n) is 3.93. The first-order chi connectivity index (χ1) is 9.58. The second kappa shape index (κ2) is 6.75. The molecule has 0 aliphatic heterocycles. The summed E-state index contributed by atoms with van der Waals surface area (Å²) in [5.41, 5.74) is 1.91. The third kappa shape index (κ3) is 3.97. The molecule has 1 aliphatic rings. The molecule has 0 unspecified atom stereocenters. The van der Waals surface area contributed by atoms with Crippen molar-refractivity contribution in [2.75, 3.05) is 24.4 Å². The van der Waals surface area contributed by atoms with Gasteiger partial charge in [-0.1, -0.05) is 13.8 Å². The summed E-state index contributed by atoms with van der Waals surface area (Å²) in [6, 6.07) is 8.43. The molecule has 2 rings (SSSR count). The van der Waals surface area contributed by atoms with Gasteiger partial charge in [-0.3, -0.25) is 4.79 Å². The smallest absolute Gasteiger partial charge is 0.250 e. The Morgan fingerprint density at radius 2 is 1.85 bits per heavy atom. The van der Waals surface area contributed by atoms with Crippen LogP contribution in [-0.2, 0) is 9.53 Å². The molecule has 0 spiro atoms. The number of carbonyl (C=O) groups excluding carboxylic acids is 1. The summed E-state index contributed by atoms with van der Waals surface area (Å²) in [5.74, 6) is 1.51. The molecule has 1 amide bonds. The van der Waals surface area contributed by atoms with Gasteiger partial charge in [0.2, 0.25) is 5.91 Å². The lowest BCUT2D eigenvalue weighted by molar-refractivity contribution is -0.119. The van der Waals surface area contributed by atoms with Crippen LogP contribution in [-0.4, -0.2) is 25.7 Å². The summed E-state index contributed by atoms with van der Waals surface area (Å²) in [5, 5.41) is 6.31. The number of hydrogen-bond donors (Lipinski definition) is 2. The fraction of sp³-hybridized carbons (Fsp3) is 0.562. The lowest BCUT2D eigenvalue weighted by Crippen LogP contribution is -2.37. The number of carbonyl (C=O) groups is 1. The first-order valence-corrected chi connectivity index (χ1v) is 7.24. The van der Waals surface area contributed by atoms with Crippen molar-refractivity contribution in [1.29, 1.82) is 0 Å². The van der Waals surface area contributed by atoms with E-state index in [1.165, 1.54) is 20.0 Å². The van der Waals surface area contributed by atoms with Gasteiger partial charge >= 0.3 is 0 Å². The molecule has 4 heteroatoms. The van der Waals surface area contributed by atoms with Crippen molar-refractivity contribution in [2.45, 2.75) is 32.7 Å². The number of hydrogen-bond acceptors (Lipinski definition) is 3. The zero-order valence-electron chi connectivity index (χ0n) is 12.5. The van der Waals surface area contributed by atoms with Crippen LogP contribution in [0.5, 0.6) is 0 Å². The van der Waals surface area contributed by atoms with Crippen LogP contribution >= 0.6 is 0 Å². The molecule has 20 heavy (non-hydrogen) atoms. The molecule has 0 radical (unpaired) electrons. The number of benzene rings is 1. The van der Waals surface area contributed by atoms with E-state index in [1.54, 1.807) is 0 Å². The van der Waals surface area contributed by atoms with E-state index in [0.717, 1.165) is 23.2 Å². The number of rotatable bonds is 6. The van der Waals surface area contributed by atoms with Crippen LogP contribution in [0.4, 0.5) is 11.4 Å². The zero-order chi connectivity index (χ0) is 14.5. The van der Waals surface area contributed by atoms with E-state index in [0.29, 0.717) is 6.04 Å². The van der Waals surface area contributed by atoms with Crippen molar-refractivity contribution >= 4 is 17.3 Å². The molecule has 1 saturated carbocycles. The number of methoxy groups -OCH3 is 1. The summed E-state index contributed by atoms with van der Waals surface area (Å²) in [6.07, 6.45) is 2.51. The average Bonchev–Trinajstić information content (AvgIpc) is 2.35. The van der Waals surface area contributed by atoms with Crippen molar-refractivity contribution in [3.63, 3.8) is 0 Å². The van der Waals surface area contributed by atoms with Crippen LogP contribution in [0.15, 0.2) is 24.3 Å². The summed E-state index contributed by atoms with van der Waals surface area (Å²) in [7, 11) is 1.51. The maximum absolute atomic E-state index is 11.4. The number of ether oxygens (including phenoxy) is 1. The Morgan fingerprint density at radius 1 is 1.25 bits per heavy atom. The van der Waals surface area contributed by atoms with Crippen molar-refractivity contribution < 1.29 is 9.53 Å². The Kier molecular flexibility index (Phi) is 5.01. The van der Waals surface area contributed by atoms with Crippen LogP contribution in [0.25, 0.3) is 0 Å². The number of anilines is 2. The highest BCUT2D eigenvalue weighted by molar-refractivity contribution is 5.91. The predicted octanol–water partition coefficient (Wildman–Crippen LogP) is 3.12. The van der Waals surface area contributed by atoms with Gasteiger partial charge in [0.1, 0.15) is 6.61 Å².